The van der Waals surface area contributed by atoms with Crippen molar-refractivity contribution in [2.24, 2.45) is 0 Å². The number of hydrogen-bond acceptors (Lipinski definition) is 0. The zero-order chi connectivity index (χ0) is 7.33. The van der Waals surface area contributed by atoms with E-state index in [1.54, 1.807) is 0 Å². The van der Waals surface area contributed by atoms with Crippen LogP contribution < -0.4 is 0 Å². The SMILES string of the molecule is CCC=C[N+](C)(C)CC. The second-order valence-corrected chi connectivity index (χ2v) is 2.89. The predicted molar refractivity (Wildman–Crippen MR) is 42.1 cm³/mol. The van der Waals surface area contributed by atoms with Crippen LogP contribution in [0.1, 0.15) is 20.3 Å². The van der Waals surface area contributed by atoms with Crippen molar-refractivity contribution in [3.63, 3.8) is 0 Å². The van der Waals surface area contributed by atoms with E-state index in [1.165, 1.54) is 0 Å². The fourth-order valence-electron chi connectivity index (χ4n) is 0.496. The third kappa shape index (κ3) is 4.22. The van der Waals surface area contributed by atoms with Crippen LogP contribution >= 0.6 is 0 Å². The Morgan fingerprint density at radius 1 is 1.22 bits per heavy atom. The summed E-state index contributed by atoms with van der Waals surface area (Å²) in [7, 11) is 4.40. The summed E-state index contributed by atoms with van der Waals surface area (Å²) in [5, 5.41) is 0. The summed E-state index contributed by atoms with van der Waals surface area (Å²) in [4.78, 5) is 0. The molecule has 0 atom stereocenters. The van der Waals surface area contributed by atoms with Crippen LogP contribution in [0.4, 0.5) is 0 Å². The first-order chi connectivity index (χ1) is 4.12. The molecule has 0 amide bonds. The fourth-order valence-corrected chi connectivity index (χ4v) is 0.496. The summed E-state index contributed by atoms with van der Waals surface area (Å²) in [5.74, 6) is 0. The lowest BCUT2D eigenvalue weighted by atomic mass is 10.4. The van der Waals surface area contributed by atoms with Crippen molar-refractivity contribution < 1.29 is 4.48 Å². The summed E-state index contributed by atoms with van der Waals surface area (Å²) in [6.07, 6.45) is 5.59. The maximum Gasteiger partial charge on any atom is 0.0913 e. The molecule has 1 nitrogen and oxygen atoms in total. The lowest BCUT2D eigenvalue weighted by Gasteiger charge is -2.22. The summed E-state index contributed by atoms with van der Waals surface area (Å²) in [6.45, 7) is 5.52. The van der Waals surface area contributed by atoms with E-state index in [0.29, 0.717) is 0 Å². The highest BCUT2D eigenvalue weighted by Gasteiger charge is 2.03. The van der Waals surface area contributed by atoms with Gasteiger partial charge in [0, 0.05) is 0 Å². The molecule has 0 aliphatic carbocycles. The van der Waals surface area contributed by atoms with Crippen molar-refractivity contribution in [2.75, 3.05) is 20.6 Å². The number of quaternary nitrogens is 1. The zero-order valence-electron chi connectivity index (χ0n) is 7.02. The zero-order valence-corrected chi connectivity index (χ0v) is 7.02. The third-order valence-electron chi connectivity index (χ3n) is 1.56. The Kier molecular flexibility index (Phi) is 3.55. The molecule has 0 spiro atoms. The van der Waals surface area contributed by atoms with Crippen molar-refractivity contribution >= 4 is 0 Å². The van der Waals surface area contributed by atoms with Crippen molar-refractivity contribution in [1.29, 1.82) is 0 Å². The minimum absolute atomic E-state index is 0.994. The molecule has 0 rings (SSSR count). The van der Waals surface area contributed by atoms with Gasteiger partial charge in [-0.05, 0) is 19.4 Å². The fraction of sp³-hybridized carbons (Fsp3) is 0.750. The van der Waals surface area contributed by atoms with Crippen molar-refractivity contribution in [3.05, 3.63) is 12.3 Å². The lowest BCUT2D eigenvalue weighted by molar-refractivity contribution is -0.836. The van der Waals surface area contributed by atoms with Gasteiger partial charge in [0.15, 0.2) is 0 Å². The first kappa shape index (κ1) is 8.70. The Morgan fingerprint density at radius 3 is 2.11 bits per heavy atom. The number of rotatable bonds is 3. The van der Waals surface area contributed by atoms with E-state index in [9.17, 15) is 0 Å². The summed E-state index contributed by atoms with van der Waals surface area (Å²) in [5.41, 5.74) is 0. The number of hydrogen-bond donors (Lipinski definition) is 0. The molecule has 0 heterocycles. The highest BCUT2D eigenvalue weighted by atomic mass is 15.3. The maximum absolute atomic E-state index is 2.24. The van der Waals surface area contributed by atoms with E-state index in [4.69, 9.17) is 0 Å². The Balaban J connectivity index is 3.70. The molecule has 0 aromatic carbocycles. The second kappa shape index (κ2) is 3.67. The van der Waals surface area contributed by atoms with Gasteiger partial charge in [-0.2, -0.15) is 0 Å². The predicted octanol–water partition coefficient (Wildman–Crippen LogP) is 2.01. The molecule has 1 heteroatoms. The highest BCUT2D eigenvalue weighted by Crippen LogP contribution is 1.97. The molecular weight excluding hydrogens is 110 g/mol. The van der Waals surface area contributed by atoms with Crippen molar-refractivity contribution in [1.82, 2.24) is 0 Å². The van der Waals surface area contributed by atoms with Gasteiger partial charge in [-0.25, -0.2) is 0 Å². The van der Waals surface area contributed by atoms with Gasteiger partial charge in [0.25, 0.3) is 0 Å². The van der Waals surface area contributed by atoms with Crippen LogP contribution in [0.15, 0.2) is 12.3 Å². The monoisotopic (exact) mass is 128 g/mol. The van der Waals surface area contributed by atoms with E-state index in [0.717, 1.165) is 17.4 Å². The average Bonchev–Trinajstić information content (AvgIpc) is 1.84. The smallest absolute Gasteiger partial charge is 0.0913 e. The lowest BCUT2D eigenvalue weighted by Crippen LogP contribution is -2.32. The van der Waals surface area contributed by atoms with Gasteiger partial charge in [0.2, 0.25) is 0 Å². The van der Waals surface area contributed by atoms with Crippen LogP contribution in [0.25, 0.3) is 0 Å². The van der Waals surface area contributed by atoms with E-state index in [-0.39, 0.29) is 0 Å². The molecule has 0 N–H and O–H groups in total. The van der Waals surface area contributed by atoms with Crippen LogP contribution in [-0.4, -0.2) is 25.1 Å². The van der Waals surface area contributed by atoms with Crippen molar-refractivity contribution in [2.45, 2.75) is 20.3 Å². The van der Waals surface area contributed by atoms with Gasteiger partial charge in [-0.3, -0.25) is 0 Å². The molecule has 0 aromatic heterocycles. The van der Waals surface area contributed by atoms with E-state index in [2.05, 4.69) is 40.2 Å². The Labute approximate surface area is 58.6 Å². The molecular formula is C8H18N+. The van der Waals surface area contributed by atoms with Gasteiger partial charge >= 0.3 is 0 Å². The first-order valence-electron chi connectivity index (χ1n) is 3.62. The molecule has 54 valence electrons. The first-order valence-corrected chi connectivity index (χ1v) is 3.62. The molecule has 0 radical (unpaired) electrons. The quantitative estimate of drug-likeness (QED) is 0.510. The van der Waals surface area contributed by atoms with Gasteiger partial charge in [0.05, 0.1) is 26.8 Å². The van der Waals surface area contributed by atoms with Crippen LogP contribution in [0.2, 0.25) is 0 Å². The highest BCUT2D eigenvalue weighted by molar-refractivity contribution is 4.70. The molecule has 0 aliphatic heterocycles. The topological polar surface area (TPSA) is 0 Å². The van der Waals surface area contributed by atoms with Gasteiger partial charge < -0.3 is 4.48 Å². The summed E-state index contributed by atoms with van der Waals surface area (Å²) in [6, 6.07) is 0. The Hall–Kier alpha value is -0.300. The second-order valence-electron chi connectivity index (χ2n) is 2.89. The largest absolute Gasteiger partial charge is 0.303 e. The summed E-state index contributed by atoms with van der Waals surface area (Å²) < 4.78 is 0.994. The van der Waals surface area contributed by atoms with Gasteiger partial charge in [-0.15, -0.1) is 0 Å². The molecule has 0 unspecified atom stereocenters. The maximum atomic E-state index is 2.24. The minimum atomic E-state index is 0.994. The molecule has 0 aliphatic rings. The van der Waals surface area contributed by atoms with Gasteiger partial charge in [0.1, 0.15) is 0 Å². The van der Waals surface area contributed by atoms with Gasteiger partial charge in [-0.1, -0.05) is 6.92 Å². The molecule has 0 bridgehead atoms. The molecule has 0 aromatic rings. The molecule has 9 heavy (non-hydrogen) atoms. The Bertz CT molecular complexity index is 92.7. The molecule has 0 saturated carbocycles. The van der Waals surface area contributed by atoms with E-state index in [1.807, 2.05) is 0 Å². The van der Waals surface area contributed by atoms with Crippen molar-refractivity contribution in [3.8, 4) is 0 Å². The Morgan fingerprint density at radius 2 is 1.78 bits per heavy atom. The van der Waals surface area contributed by atoms with Crippen LogP contribution in [0.3, 0.4) is 0 Å². The third-order valence-corrected chi connectivity index (χ3v) is 1.56. The van der Waals surface area contributed by atoms with E-state index < -0.39 is 0 Å². The normalized spacial score (nSPS) is 12.9. The van der Waals surface area contributed by atoms with Crippen LogP contribution in [-0.2, 0) is 0 Å². The standard InChI is InChI=1S/C8H18N/c1-5-7-8-9(3,4)6-2/h7-8H,5-6H2,1-4H3/q+1. The molecule has 0 fully saturated rings. The van der Waals surface area contributed by atoms with Crippen LogP contribution in [0.5, 0.6) is 0 Å². The minimum Gasteiger partial charge on any atom is -0.303 e. The number of allylic oxidation sites excluding steroid dienone is 1. The summed E-state index contributed by atoms with van der Waals surface area (Å²) >= 11 is 0. The van der Waals surface area contributed by atoms with E-state index >= 15 is 0 Å². The average molecular weight is 128 g/mol. The molecule has 0 saturated heterocycles. The number of nitrogens with zero attached hydrogens (tertiary/aromatic N) is 1. The van der Waals surface area contributed by atoms with Crippen LogP contribution in [0, 0.1) is 0 Å².